The van der Waals surface area contributed by atoms with E-state index in [4.69, 9.17) is 19.3 Å². The van der Waals surface area contributed by atoms with E-state index in [-0.39, 0.29) is 24.4 Å². The van der Waals surface area contributed by atoms with Gasteiger partial charge in [-0.3, -0.25) is 4.52 Å². The molecule has 0 aliphatic heterocycles. The van der Waals surface area contributed by atoms with Crippen LogP contribution in [-0.2, 0) is 28.2 Å². The average Bonchev–Trinajstić information content (AvgIpc) is 2.56. The van der Waals surface area contributed by atoms with Crippen LogP contribution >= 0.6 is 19.6 Å². The highest BCUT2D eigenvalue weighted by atomic mass is 32.2. The smallest absolute Gasteiger partial charge is 0.458 e. The summed E-state index contributed by atoms with van der Waals surface area (Å²) in [6, 6.07) is 0. The van der Waals surface area contributed by atoms with Crippen molar-refractivity contribution >= 4 is 31.5 Å². The first-order valence-corrected chi connectivity index (χ1v) is 11.2. The van der Waals surface area contributed by atoms with Gasteiger partial charge in [0.25, 0.3) is 0 Å². The van der Waals surface area contributed by atoms with E-state index in [1.54, 1.807) is 18.7 Å². The summed E-state index contributed by atoms with van der Waals surface area (Å²) in [7, 11) is -4.38. The molecule has 0 aromatic carbocycles. The molecule has 0 aliphatic rings. The zero-order valence-corrected chi connectivity index (χ0v) is 17.6. The molecular formula is C17H29O8PS. The third-order valence-corrected chi connectivity index (χ3v) is 4.82. The molecule has 1 atom stereocenters. The summed E-state index contributed by atoms with van der Waals surface area (Å²) in [6.45, 7) is 10.1. The SMILES string of the molecule is C=C(C)C(=O)OCC(CSCCCCCCOP(=O)(O)O)OC(=O)C(=C)C. The maximum Gasteiger partial charge on any atom is 0.469 e. The second-order valence-electron chi connectivity index (χ2n) is 6.00. The lowest BCUT2D eigenvalue weighted by Crippen LogP contribution is -2.28. The van der Waals surface area contributed by atoms with Crippen molar-refractivity contribution in [3.63, 3.8) is 0 Å². The first-order chi connectivity index (χ1) is 12.5. The van der Waals surface area contributed by atoms with Gasteiger partial charge in [0.05, 0.1) is 6.61 Å². The van der Waals surface area contributed by atoms with Crippen molar-refractivity contribution in [1.82, 2.24) is 0 Å². The van der Waals surface area contributed by atoms with Crippen LogP contribution in [0.3, 0.4) is 0 Å². The van der Waals surface area contributed by atoms with E-state index in [0.717, 1.165) is 25.0 Å². The van der Waals surface area contributed by atoms with Gasteiger partial charge < -0.3 is 19.3 Å². The van der Waals surface area contributed by atoms with Gasteiger partial charge in [-0.15, -0.1) is 0 Å². The summed E-state index contributed by atoms with van der Waals surface area (Å²) in [4.78, 5) is 40.3. The van der Waals surface area contributed by atoms with Gasteiger partial charge in [-0.2, -0.15) is 11.8 Å². The number of rotatable bonds is 15. The second kappa shape index (κ2) is 14.0. The van der Waals surface area contributed by atoms with Crippen molar-refractivity contribution < 1.29 is 37.9 Å². The predicted molar refractivity (Wildman–Crippen MR) is 104 cm³/mol. The standard InChI is InChI=1S/C17H29O8PS/c1-13(2)16(18)23-11-15(25-17(19)14(3)4)12-27-10-8-6-5-7-9-24-26(20,21)22/h15H,1,3,5-12H2,2,4H3,(H2,20,21,22). The zero-order chi connectivity index (χ0) is 20.9. The minimum atomic E-state index is -4.38. The van der Waals surface area contributed by atoms with Gasteiger partial charge in [0.15, 0.2) is 0 Å². The normalized spacial score (nSPS) is 12.3. The highest BCUT2D eigenvalue weighted by molar-refractivity contribution is 7.99. The van der Waals surface area contributed by atoms with Gasteiger partial charge in [0.1, 0.15) is 12.7 Å². The van der Waals surface area contributed by atoms with Crippen molar-refractivity contribution in [3.05, 3.63) is 24.3 Å². The number of thioether (sulfide) groups is 1. The number of phosphoric acid groups is 1. The first-order valence-electron chi connectivity index (χ1n) is 8.50. The second-order valence-corrected chi connectivity index (χ2v) is 8.39. The van der Waals surface area contributed by atoms with Crippen LogP contribution < -0.4 is 0 Å². The average molecular weight is 424 g/mol. The minimum absolute atomic E-state index is 0.0322. The third-order valence-electron chi connectivity index (χ3n) is 3.12. The predicted octanol–water partition coefficient (Wildman–Crippen LogP) is 3.00. The molecule has 27 heavy (non-hydrogen) atoms. The monoisotopic (exact) mass is 424 g/mol. The van der Waals surface area contributed by atoms with Crippen LogP contribution in [0.5, 0.6) is 0 Å². The van der Waals surface area contributed by atoms with Crippen LogP contribution in [0, 0.1) is 0 Å². The van der Waals surface area contributed by atoms with Crippen molar-refractivity contribution in [1.29, 1.82) is 0 Å². The van der Waals surface area contributed by atoms with E-state index < -0.39 is 25.9 Å². The molecule has 0 bridgehead atoms. The number of ether oxygens (including phenoxy) is 2. The molecule has 0 radical (unpaired) electrons. The van der Waals surface area contributed by atoms with Gasteiger partial charge >= 0.3 is 19.8 Å². The number of phosphoric ester groups is 1. The van der Waals surface area contributed by atoms with Crippen LogP contribution in [0.4, 0.5) is 0 Å². The Bertz CT molecular complexity index is 557. The van der Waals surface area contributed by atoms with Crippen LogP contribution in [0.25, 0.3) is 0 Å². The molecule has 0 fully saturated rings. The van der Waals surface area contributed by atoms with E-state index in [0.29, 0.717) is 12.2 Å². The molecule has 0 saturated carbocycles. The Morgan fingerprint density at radius 1 is 1.04 bits per heavy atom. The van der Waals surface area contributed by atoms with Crippen LogP contribution in [0.1, 0.15) is 39.5 Å². The minimum Gasteiger partial charge on any atom is -0.458 e. The van der Waals surface area contributed by atoms with Gasteiger partial charge in [-0.05, 0) is 32.4 Å². The molecule has 8 nitrogen and oxygen atoms in total. The molecular weight excluding hydrogens is 395 g/mol. The molecule has 0 aromatic rings. The van der Waals surface area contributed by atoms with Crippen molar-refractivity contribution in [2.75, 3.05) is 24.7 Å². The van der Waals surface area contributed by atoms with E-state index >= 15 is 0 Å². The van der Waals surface area contributed by atoms with Gasteiger partial charge in [-0.25, -0.2) is 14.2 Å². The molecule has 0 heterocycles. The van der Waals surface area contributed by atoms with E-state index in [1.807, 2.05) is 0 Å². The Morgan fingerprint density at radius 3 is 2.19 bits per heavy atom. The Balaban J connectivity index is 4.04. The number of unbranched alkanes of at least 4 members (excludes halogenated alkanes) is 3. The molecule has 1 unspecified atom stereocenters. The lowest BCUT2D eigenvalue weighted by molar-refractivity contribution is -0.152. The van der Waals surface area contributed by atoms with Crippen molar-refractivity contribution in [2.45, 2.75) is 45.6 Å². The summed E-state index contributed by atoms with van der Waals surface area (Å²) in [5.41, 5.74) is 0.545. The molecule has 0 aliphatic carbocycles. The molecule has 0 saturated heterocycles. The van der Waals surface area contributed by atoms with Gasteiger partial charge in [0, 0.05) is 16.9 Å². The van der Waals surface area contributed by atoms with Crippen LogP contribution in [0.15, 0.2) is 24.3 Å². The summed E-state index contributed by atoms with van der Waals surface area (Å²) in [5, 5.41) is 0. The highest BCUT2D eigenvalue weighted by Gasteiger charge is 2.18. The van der Waals surface area contributed by atoms with Crippen LogP contribution in [-0.4, -0.2) is 52.5 Å². The number of hydrogen-bond acceptors (Lipinski definition) is 7. The fourth-order valence-corrected chi connectivity index (χ4v) is 3.09. The number of esters is 2. The van der Waals surface area contributed by atoms with Crippen LogP contribution in [0.2, 0.25) is 0 Å². The molecule has 0 spiro atoms. The number of carbonyl (C=O) groups is 2. The number of hydrogen-bond donors (Lipinski definition) is 2. The Kier molecular flexibility index (Phi) is 13.4. The van der Waals surface area contributed by atoms with E-state index in [1.165, 1.54) is 6.92 Å². The Labute approximate surface area is 164 Å². The summed E-state index contributed by atoms with van der Waals surface area (Å²) >= 11 is 1.57. The maximum atomic E-state index is 11.7. The Morgan fingerprint density at radius 2 is 1.63 bits per heavy atom. The molecule has 10 heteroatoms. The summed E-state index contributed by atoms with van der Waals surface area (Å²) in [6.07, 6.45) is 2.58. The third kappa shape index (κ3) is 15.6. The summed E-state index contributed by atoms with van der Waals surface area (Å²) < 4.78 is 25.2. The fourth-order valence-electron chi connectivity index (χ4n) is 1.72. The highest BCUT2D eigenvalue weighted by Crippen LogP contribution is 2.35. The van der Waals surface area contributed by atoms with Crippen molar-refractivity contribution in [2.24, 2.45) is 0 Å². The van der Waals surface area contributed by atoms with E-state index in [2.05, 4.69) is 17.7 Å². The molecule has 0 rings (SSSR count). The number of carbonyl (C=O) groups excluding carboxylic acids is 2. The Hall–Kier alpha value is -1.12. The zero-order valence-electron chi connectivity index (χ0n) is 15.8. The maximum absolute atomic E-state index is 11.7. The van der Waals surface area contributed by atoms with Gasteiger partial charge in [0.2, 0.25) is 0 Å². The lowest BCUT2D eigenvalue weighted by Gasteiger charge is -2.18. The lowest BCUT2D eigenvalue weighted by atomic mass is 10.2. The molecule has 156 valence electrons. The molecule has 0 amide bonds. The molecule has 2 N–H and O–H groups in total. The fraction of sp³-hybridized carbons (Fsp3) is 0.647. The van der Waals surface area contributed by atoms with Gasteiger partial charge in [-0.1, -0.05) is 26.0 Å². The largest absolute Gasteiger partial charge is 0.469 e. The quantitative estimate of drug-likeness (QED) is 0.177. The topological polar surface area (TPSA) is 119 Å². The molecule has 0 aromatic heterocycles. The summed E-state index contributed by atoms with van der Waals surface area (Å²) in [5.74, 6) is 0.226. The first kappa shape index (κ1) is 25.9. The van der Waals surface area contributed by atoms with Crippen molar-refractivity contribution in [3.8, 4) is 0 Å². The van der Waals surface area contributed by atoms with E-state index in [9.17, 15) is 14.2 Å².